The molecule has 2 aliphatic rings. The van der Waals surface area contributed by atoms with Crippen molar-refractivity contribution in [3.63, 3.8) is 0 Å². The van der Waals surface area contributed by atoms with Gasteiger partial charge in [0.1, 0.15) is 0 Å². The van der Waals surface area contributed by atoms with Crippen molar-refractivity contribution in [2.75, 3.05) is 54.1 Å². The van der Waals surface area contributed by atoms with E-state index in [0.717, 1.165) is 30.8 Å². The Kier molecular flexibility index (Phi) is 7.26. The number of methoxy groups -OCH3 is 3. The zero-order valence-corrected chi connectivity index (χ0v) is 20.4. The van der Waals surface area contributed by atoms with Crippen LogP contribution in [0.15, 0.2) is 36.4 Å². The Labute approximate surface area is 201 Å². The normalized spacial score (nSPS) is 16.9. The summed E-state index contributed by atoms with van der Waals surface area (Å²) in [6.07, 6.45) is 0.185. The molecular weight excluding hydrogens is 434 g/mol. The number of benzene rings is 2. The number of carbonyl (C=O) groups is 2. The summed E-state index contributed by atoms with van der Waals surface area (Å²) >= 11 is 0. The van der Waals surface area contributed by atoms with E-state index in [1.165, 1.54) is 0 Å². The Bertz CT molecular complexity index is 1020. The van der Waals surface area contributed by atoms with Crippen LogP contribution in [0.25, 0.3) is 0 Å². The third-order valence-corrected chi connectivity index (χ3v) is 6.84. The molecule has 0 aromatic heterocycles. The molecule has 4 rings (SSSR count). The fourth-order valence-electron chi connectivity index (χ4n) is 4.84. The summed E-state index contributed by atoms with van der Waals surface area (Å²) in [5, 5.41) is 0. The summed E-state index contributed by atoms with van der Waals surface area (Å²) in [6, 6.07) is 10.8. The predicted octanol–water partition coefficient (Wildman–Crippen LogP) is 2.96. The number of nitrogens with zero attached hydrogens (tertiary/aromatic N) is 3. The van der Waals surface area contributed by atoms with Gasteiger partial charge in [0.15, 0.2) is 11.5 Å². The standard InChI is InChI=1S/C26H33N3O5/c1-5-27-10-12-28(13-11-27)24(30)16-21(29-17-18-8-6-7-9-20(18)26(29)31)19-14-22(32-2)25(34-4)23(15-19)33-3/h6-9,14-15,21H,5,10-13,16-17H2,1-4H3/t21-/m1/s1. The summed E-state index contributed by atoms with van der Waals surface area (Å²) in [5.41, 5.74) is 2.43. The lowest BCUT2D eigenvalue weighted by Gasteiger charge is -2.36. The first-order valence-corrected chi connectivity index (χ1v) is 11.7. The number of ether oxygens (including phenoxy) is 3. The van der Waals surface area contributed by atoms with Crippen molar-refractivity contribution in [3.8, 4) is 17.2 Å². The van der Waals surface area contributed by atoms with Crippen LogP contribution in [0.2, 0.25) is 0 Å². The molecule has 0 bridgehead atoms. The van der Waals surface area contributed by atoms with E-state index in [1.807, 2.05) is 41.3 Å². The number of hydrogen-bond acceptors (Lipinski definition) is 6. The highest BCUT2D eigenvalue weighted by molar-refractivity contribution is 5.99. The van der Waals surface area contributed by atoms with Gasteiger partial charge in [0, 0.05) is 38.3 Å². The van der Waals surface area contributed by atoms with E-state index in [0.29, 0.717) is 42.4 Å². The van der Waals surface area contributed by atoms with Gasteiger partial charge in [-0.15, -0.1) is 0 Å². The Hall–Kier alpha value is -3.26. The fourth-order valence-corrected chi connectivity index (χ4v) is 4.84. The SMILES string of the molecule is CCN1CCN(C(=O)C[C@H](c2cc(OC)c(OC)c(OC)c2)N2Cc3ccccc3C2=O)CC1. The van der Waals surface area contributed by atoms with Gasteiger partial charge in [-0.2, -0.15) is 0 Å². The van der Waals surface area contributed by atoms with E-state index < -0.39 is 6.04 Å². The van der Waals surface area contributed by atoms with Crippen molar-refractivity contribution < 1.29 is 23.8 Å². The second-order valence-corrected chi connectivity index (χ2v) is 8.58. The minimum Gasteiger partial charge on any atom is -0.493 e. The van der Waals surface area contributed by atoms with E-state index in [-0.39, 0.29) is 18.2 Å². The summed E-state index contributed by atoms with van der Waals surface area (Å²) in [7, 11) is 4.67. The number of carbonyl (C=O) groups excluding carboxylic acids is 2. The second kappa shape index (κ2) is 10.3. The zero-order valence-electron chi connectivity index (χ0n) is 20.4. The first-order chi connectivity index (χ1) is 16.5. The predicted molar refractivity (Wildman–Crippen MR) is 128 cm³/mol. The van der Waals surface area contributed by atoms with Crippen molar-refractivity contribution >= 4 is 11.8 Å². The Balaban J connectivity index is 1.68. The van der Waals surface area contributed by atoms with Gasteiger partial charge in [-0.05, 0) is 35.9 Å². The van der Waals surface area contributed by atoms with E-state index in [4.69, 9.17) is 14.2 Å². The van der Waals surface area contributed by atoms with Gasteiger partial charge >= 0.3 is 0 Å². The van der Waals surface area contributed by atoms with Crippen molar-refractivity contribution in [1.82, 2.24) is 14.7 Å². The zero-order chi connectivity index (χ0) is 24.2. The molecule has 0 unspecified atom stereocenters. The van der Waals surface area contributed by atoms with Gasteiger partial charge in [-0.1, -0.05) is 25.1 Å². The quantitative estimate of drug-likeness (QED) is 0.595. The first kappa shape index (κ1) is 23.9. The topological polar surface area (TPSA) is 71.6 Å². The van der Waals surface area contributed by atoms with Gasteiger partial charge in [0.05, 0.1) is 33.8 Å². The van der Waals surface area contributed by atoms with Crippen LogP contribution in [0.5, 0.6) is 17.2 Å². The number of rotatable bonds is 8. The van der Waals surface area contributed by atoms with Crippen molar-refractivity contribution in [2.45, 2.75) is 25.9 Å². The van der Waals surface area contributed by atoms with Gasteiger partial charge in [-0.3, -0.25) is 9.59 Å². The van der Waals surface area contributed by atoms with Crippen LogP contribution < -0.4 is 14.2 Å². The van der Waals surface area contributed by atoms with E-state index in [9.17, 15) is 9.59 Å². The van der Waals surface area contributed by atoms with Crippen LogP contribution in [0.4, 0.5) is 0 Å². The van der Waals surface area contributed by atoms with Gasteiger partial charge in [0.25, 0.3) is 5.91 Å². The Morgan fingerprint density at radius 3 is 2.18 bits per heavy atom. The molecule has 0 spiro atoms. The molecule has 0 saturated carbocycles. The first-order valence-electron chi connectivity index (χ1n) is 11.7. The molecule has 2 amide bonds. The van der Waals surface area contributed by atoms with Crippen molar-refractivity contribution in [1.29, 1.82) is 0 Å². The van der Waals surface area contributed by atoms with Crippen LogP contribution in [-0.4, -0.2) is 80.6 Å². The summed E-state index contributed by atoms with van der Waals surface area (Å²) in [6.45, 7) is 6.69. The molecule has 182 valence electrons. The fraction of sp³-hybridized carbons (Fsp3) is 0.462. The van der Waals surface area contributed by atoms with Crippen LogP contribution in [-0.2, 0) is 11.3 Å². The largest absolute Gasteiger partial charge is 0.493 e. The lowest BCUT2D eigenvalue weighted by molar-refractivity contribution is -0.134. The second-order valence-electron chi connectivity index (χ2n) is 8.58. The molecule has 2 heterocycles. The minimum absolute atomic E-state index is 0.0401. The summed E-state index contributed by atoms with van der Waals surface area (Å²) < 4.78 is 16.6. The Morgan fingerprint density at radius 1 is 0.971 bits per heavy atom. The Morgan fingerprint density at radius 2 is 1.62 bits per heavy atom. The number of piperazine rings is 1. The molecule has 2 aliphatic heterocycles. The lowest BCUT2D eigenvalue weighted by atomic mass is 9.99. The maximum absolute atomic E-state index is 13.4. The van der Waals surface area contributed by atoms with Gasteiger partial charge in [-0.25, -0.2) is 0 Å². The average molecular weight is 468 g/mol. The number of amides is 2. The van der Waals surface area contributed by atoms with E-state index >= 15 is 0 Å². The highest BCUT2D eigenvalue weighted by Gasteiger charge is 2.36. The molecule has 34 heavy (non-hydrogen) atoms. The molecule has 1 atom stereocenters. The minimum atomic E-state index is -0.467. The van der Waals surface area contributed by atoms with E-state index in [1.54, 1.807) is 26.2 Å². The van der Waals surface area contributed by atoms with Crippen LogP contribution in [0.3, 0.4) is 0 Å². The third-order valence-electron chi connectivity index (χ3n) is 6.84. The molecular formula is C26H33N3O5. The molecule has 0 N–H and O–H groups in total. The van der Waals surface area contributed by atoms with E-state index in [2.05, 4.69) is 11.8 Å². The molecule has 1 fully saturated rings. The van der Waals surface area contributed by atoms with Crippen LogP contribution >= 0.6 is 0 Å². The summed E-state index contributed by atoms with van der Waals surface area (Å²) in [5.74, 6) is 1.44. The molecule has 8 heteroatoms. The van der Waals surface area contributed by atoms with Crippen LogP contribution in [0.1, 0.15) is 40.9 Å². The number of hydrogen-bond donors (Lipinski definition) is 0. The van der Waals surface area contributed by atoms with Gasteiger partial charge < -0.3 is 28.9 Å². The smallest absolute Gasteiger partial charge is 0.255 e. The average Bonchev–Trinajstić information content (AvgIpc) is 3.22. The maximum Gasteiger partial charge on any atom is 0.255 e. The van der Waals surface area contributed by atoms with Crippen molar-refractivity contribution in [3.05, 3.63) is 53.1 Å². The number of fused-ring (bicyclic) bond motifs is 1. The third kappa shape index (κ3) is 4.55. The highest BCUT2D eigenvalue weighted by Crippen LogP contribution is 2.43. The van der Waals surface area contributed by atoms with Gasteiger partial charge in [0.2, 0.25) is 11.7 Å². The molecule has 2 aromatic rings. The maximum atomic E-state index is 13.4. The molecule has 0 radical (unpaired) electrons. The van der Waals surface area contributed by atoms with Crippen LogP contribution in [0, 0.1) is 0 Å². The molecule has 0 aliphatic carbocycles. The molecule has 2 aromatic carbocycles. The lowest BCUT2D eigenvalue weighted by Crippen LogP contribution is -2.49. The molecule has 1 saturated heterocycles. The summed E-state index contributed by atoms with van der Waals surface area (Å²) in [4.78, 5) is 32.8. The molecule has 8 nitrogen and oxygen atoms in total. The number of likely N-dealkylation sites (N-methyl/N-ethyl adjacent to an activating group) is 1. The van der Waals surface area contributed by atoms with Crippen molar-refractivity contribution in [2.24, 2.45) is 0 Å². The monoisotopic (exact) mass is 467 g/mol. The highest BCUT2D eigenvalue weighted by atomic mass is 16.5.